The molecule has 0 amide bonds. The van der Waals surface area contributed by atoms with E-state index in [1.54, 1.807) is 7.05 Å². The Morgan fingerprint density at radius 2 is 1.70 bits per heavy atom. The molecular formula is C28H56N6O13. The van der Waals surface area contributed by atoms with Crippen LogP contribution in [0.4, 0.5) is 0 Å². The fourth-order valence-corrected chi connectivity index (χ4v) is 6.16. The van der Waals surface area contributed by atoms with Gasteiger partial charge in [-0.3, -0.25) is 4.99 Å². The SMILES string of the molecule is CN[C@@H]1[C@@H](O)[C@@H](O[C@@H]2[C@@H](O)[C@H](O[C@H]3O[C@H](CNCC(O)CO)CC[C@H]3N)[C@@H](N)C[C@H]2N=C(N)C(O)C(O)C(O)CCO)OC[C@]1(C)O. The predicted octanol–water partition coefficient (Wildman–Crippen LogP) is -7.13. The van der Waals surface area contributed by atoms with Crippen LogP contribution in [-0.2, 0) is 18.9 Å². The van der Waals surface area contributed by atoms with E-state index in [4.69, 9.17) is 46.4 Å². The molecule has 1 saturated carbocycles. The first kappa shape index (κ1) is 40.2. The summed E-state index contributed by atoms with van der Waals surface area (Å²) in [7, 11) is 1.54. The van der Waals surface area contributed by atoms with Crippen LogP contribution >= 0.6 is 0 Å². The Labute approximate surface area is 273 Å². The number of nitrogens with one attached hydrogen (secondary N) is 2. The quantitative estimate of drug-likeness (QED) is 0.0530. The van der Waals surface area contributed by atoms with E-state index in [-0.39, 0.29) is 32.1 Å². The van der Waals surface area contributed by atoms with Gasteiger partial charge in [0.25, 0.3) is 0 Å². The molecule has 3 aliphatic rings. The van der Waals surface area contributed by atoms with E-state index in [0.717, 1.165) is 0 Å². The van der Waals surface area contributed by atoms with Crippen LogP contribution < -0.4 is 27.8 Å². The average molecular weight is 685 g/mol. The van der Waals surface area contributed by atoms with Gasteiger partial charge >= 0.3 is 0 Å². The summed E-state index contributed by atoms with van der Waals surface area (Å²) in [5.41, 5.74) is 17.3. The summed E-state index contributed by atoms with van der Waals surface area (Å²) < 4.78 is 23.9. The number of nitrogens with zero attached hydrogens (tertiary/aromatic N) is 1. The van der Waals surface area contributed by atoms with Crippen molar-refractivity contribution >= 4 is 5.84 Å². The molecule has 0 bridgehead atoms. The number of rotatable bonds is 16. The Morgan fingerprint density at radius 1 is 1.02 bits per heavy atom. The van der Waals surface area contributed by atoms with Gasteiger partial charge in [-0.15, -0.1) is 0 Å². The van der Waals surface area contributed by atoms with Crippen molar-refractivity contribution < 1.29 is 64.9 Å². The standard InChI is InChI=1S/C28H56N6O13/c1-28(43)11-44-27(21(42)24(28)32-2)47-23-16(34-25(31)19(40)18(39)17(38)5-6-35)7-15(30)22(20(23)41)46-26-14(29)4-3-13(45-26)9-33-8-12(37)10-36/h12-24,26-27,32-33,35-43H,3-11,29-30H2,1-2H3,(H2,31,34)/t12?,13-,14+,15-,16+,17?,18?,19?,20-,21+,22+,23-,24+,26+,27+,28-/m0/s1. The van der Waals surface area contributed by atoms with Gasteiger partial charge < -0.3 is 92.7 Å². The minimum atomic E-state index is -1.85. The van der Waals surface area contributed by atoms with Crippen molar-refractivity contribution in [2.75, 3.05) is 40.0 Å². The van der Waals surface area contributed by atoms with E-state index in [9.17, 15) is 35.7 Å². The minimum absolute atomic E-state index is 0.0446. The van der Waals surface area contributed by atoms with Crippen LogP contribution in [0.2, 0.25) is 0 Å². The zero-order chi connectivity index (χ0) is 35.1. The molecule has 1 aliphatic carbocycles. The maximum Gasteiger partial charge on any atom is 0.185 e. The van der Waals surface area contributed by atoms with Crippen LogP contribution in [0.15, 0.2) is 4.99 Å². The molecular weight excluding hydrogens is 628 g/mol. The zero-order valence-electron chi connectivity index (χ0n) is 26.9. The summed E-state index contributed by atoms with van der Waals surface area (Å²) >= 11 is 0. The van der Waals surface area contributed by atoms with Crippen LogP contribution in [0.3, 0.4) is 0 Å². The lowest BCUT2D eigenvalue weighted by Gasteiger charge is -2.48. The fraction of sp³-hybridized carbons (Fsp3) is 0.964. The number of hydrogen-bond acceptors (Lipinski definition) is 18. The maximum atomic E-state index is 11.7. The molecule has 0 aromatic heterocycles. The normalized spacial score (nSPS) is 41.3. The molecule has 276 valence electrons. The van der Waals surface area contributed by atoms with Crippen molar-refractivity contribution in [3.8, 4) is 0 Å². The first-order valence-corrected chi connectivity index (χ1v) is 16.0. The highest BCUT2D eigenvalue weighted by molar-refractivity contribution is 5.85. The average Bonchev–Trinajstić information content (AvgIpc) is 3.02. The number of aliphatic hydroxyl groups excluding tert-OH is 8. The van der Waals surface area contributed by atoms with Gasteiger partial charge in [-0.05, 0) is 39.7 Å². The first-order valence-electron chi connectivity index (χ1n) is 16.0. The third-order valence-electron chi connectivity index (χ3n) is 8.93. The first-order chi connectivity index (χ1) is 22.1. The molecule has 2 aliphatic heterocycles. The summed E-state index contributed by atoms with van der Waals surface area (Å²) in [5.74, 6) is -0.507. The second-order valence-electron chi connectivity index (χ2n) is 12.9. The van der Waals surface area contributed by atoms with Crippen molar-refractivity contribution in [1.29, 1.82) is 0 Å². The van der Waals surface area contributed by atoms with Crippen molar-refractivity contribution in [2.45, 2.75) is 130 Å². The summed E-state index contributed by atoms with van der Waals surface area (Å²) in [6.45, 7) is 0.875. The molecule has 2 heterocycles. The lowest BCUT2D eigenvalue weighted by atomic mass is 9.83. The molecule has 19 nitrogen and oxygen atoms in total. The molecule has 3 fully saturated rings. The smallest absolute Gasteiger partial charge is 0.185 e. The second kappa shape index (κ2) is 18.2. The van der Waals surface area contributed by atoms with Gasteiger partial charge in [0.1, 0.15) is 48.1 Å². The molecule has 2 saturated heterocycles. The molecule has 17 N–H and O–H groups in total. The van der Waals surface area contributed by atoms with Crippen molar-refractivity contribution in [3.63, 3.8) is 0 Å². The van der Waals surface area contributed by atoms with Crippen molar-refractivity contribution in [2.24, 2.45) is 22.2 Å². The van der Waals surface area contributed by atoms with Crippen LogP contribution in [0.25, 0.3) is 0 Å². The number of ether oxygens (including phenoxy) is 4. The largest absolute Gasteiger partial charge is 0.396 e. The number of amidine groups is 1. The van der Waals surface area contributed by atoms with E-state index in [0.29, 0.717) is 19.4 Å². The van der Waals surface area contributed by atoms with E-state index in [1.807, 2.05) is 0 Å². The van der Waals surface area contributed by atoms with E-state index < -0.39 is 110 Å². The molecule has 0 spiro atoms. The summed E-state index contributed by atoms with van der Waals surface area (Å²) in [4.78, 5) is 4.29. The number of aliphatic imine (C=N–C) groups is 1. The van der Waals surface area contributed by atoms with Crippen LogP contribution in [0, 0.1) is 0 Å². The number of hydrogen-bond donors (Lipinski definition) is 14. The fourth-order valence-electron chi connectivity index (χ4n) is 6.16. The van der Waals surface area contributed by atoms with Gasteiger partial charge in [0.2, 0.25) is 0 Å². The lowest BCUT2D eigenvalue weighted by Crippen LogP contribution is -2.67. The Morgan fingerprint density at radius 3 is 2.34 bits per heavy atom. The molecule has 47 heavy (non-hydrogen) atoms. The Kier molecular flexibility index (Phi) is 15.5. The van der Waals surface area contributed by atoms with Gasteiger partial charge in [0, 0.05) is 25.7 Å². The van der Waals surface area contributed by atoms with Gasteiger partial charge in [-0.25, -0.2) is 0 Å². The van der Waals surface area contributed by atoms with Crippen LogP contribution in [0.1, 0.15) is 32.6 Å². The molecule has 3 rings (SSSR count). The molecule has 0 aromatic carbocycles. The Balaban J connectivity index is 1.83. The van der Waals surface area contributed by atoms with Crippen LogP contribution in [-0.4, -0.2) is 189 Å². The maximum absolute atomic E-state index is 11.7. The van der Waals surface area contributed by atoms with Gasteiger partial charge in [0.15, 0.2) is 12.6 Å². The van der Waals surface area contributed by atoms with Crippen molar-refractivity contribution in [1.82, 2.24) is 10.6 Å². The Hall–Kier alpha value is -1.21. The highest BCUT2D eigenvalue weighted by Gasteiger charge is 2.52. The van der Waals surface area contributed by atoms with E-state index >= 15 is 0 Å². The second-order valence-corrected chi connectivity index (χ2v) is 12.9. The molecule has 19 heteroatoms. The molecule has 16 atom stereocenters. The van der Waals surface area contributed by atoms with Gasteiger partial charge in [-0.2, -0.15) is 0 Å². The Bertz CT molecular complexity index is 972. The van der Waals surface area contributed by atoms with E-state index in [2.05, 4.69) is 15.6 Å². The highest BCUT2D eigenvalue weighted by atomic mass is 16.7. The zero-order valence-corrected chi connectivity index (χ0v) is 26.9. The molecule has 0 aromatic rings. The molecule has 0 radical (unpaired) electrons. The molecule has 4 unspecified atom stereocenters. The summed E-state index contributed by atoms with van der Waals surface area (Å²) in [5, 5.41) is 97.8. The van der Waals surface area contributed by atoms with Gasteiger partial charge in [-0.1, -0.05) is 0 Å². The van der Waals surface area contributed by atoms with Crippen LogP contribution in [0.5, 0.6) is 0 Å². The number of likely N-dealkylation sites (N-methyl/N-ethyl adjacent to an activating group) is 1. The van der Waals surface area contributed by atoms with Gasteiger partial charge in [0.05, 0.1) is 49.7 Å². The highest BCUT2D eigenvalue weighted by Crippen LogP contribution is 2.33. The summed E-state index contributed by atoms with van der Waals surface area (Å²) in [6, 6.07) is -3.46. The van der Waals surface area contributed by atoms with E-state index in [1.165, 1.54) is 6.92 Å². The monoisotopic (exact) mass is 684 g/mol. The topological polar surface area (TPSA) is 333 Å². The third-order valence-corrected chi connectivity index (χ3v) is 8.93. The number of nitrogens with two attached hydrogens (primary N) is 3. The third kappa shape index (κ3) is 10.4. The predicted molar refractivity (Wildman–Crippen MR) is 165 cm³/mol. The van der Waals surface area contributed by atoms with Crippen molar-refractivity contribution in [3.05, 3.63) is 0 Å². The minimum Gasteiger partial charge on any atom is -0.396 e. The lowest BCUT2D eigenvalue weighted by molar-refractivity contribution is -0.306. The summed E-state index contributed by atoms with van der Waals surface area (Å²) in [6.07, 6.45) is -13.4. The number of aliphatic hydroxyl groups is 9.